The van der Waals surface area contributed by atoms with Crippen LogP contribution < -0.4 is 0 Å². The Balaban J connectivity index is 1.68. The number of carbonyl (C=O) groups excluding carboxylic acids is 2. The van der Waals surface area contributed by atoms with Crippen LogP contribution in [0.5, 0.6) is 0 Å². The Morgan fingerprint density at radius 3 is 2.17 bits per heavy atom. The third-order valence-corrected chi connectivity index (χ3v) is 4.36. The van der Waals surface area contributed by atoms with Crippen LogP contribution >= 0.6 is 11.3 Å². The molecule has 9 heteroatoms. The van der Waals surface area contributed by atoms with Crippen molar-refractivity contribution in [1.82, 2.24) is 14.8 Å². The zero-order chi connectivity index (χ0) is 17.3. The average molecular weight is 355 g/mol. The lowest BCUT2D eigenvalue weighted by molar-refractivity contribution is 0.0529. The topological polar surface area (TPSA) is 53.5 Å². The number of piperazine rings is 1. The van der Waals surface area contributed by atoms with Crippen molar-refractivity contribution in [3.05, 3.63) is 51.7 Å². The molecule has 2 amide bonds. The molecule has 0 unspecified atom stereocenters. The first kappa shape index (κ1) is 16.4. The molecule has 1 saturated heterocycles. The molecule has 3 rings (SSSR count). The van der Waals surface area contributed by atoms with Crippen LogP contribution in [-0.4, -0.2) is 52.8 Å². The van der Waals surface area contributed by atoms with Gasteiger partial charge >= 0.3 is 0 Å². The Labute approximate surface area is 139 Å². The van der Waals surface area contributed by atoms with Gasteiger partial charge in [0.25, 0.3) is 11.8 Å². The minimum Gasteiger partial charge on any atom is -0.335 e. The Morgan fingerprint density at radius 2 is 1.58 bits per heavy atom. The number of thiazole rings is 1. The highest BCUT2D eigenvalue weighted by Crippen LogP contribution is 2.18. The van der Waals surface area contributed by atoms with Gasteiger partial charge in [0, 0.05) is 31.6 Å². The quantitative estimate of drug-likeness (QED) is 0.776. The van der Waals surface area contributed by atoms with Gasteiger partial charge in [-0.25, -0.2) is 18.2 Å². The Kier molecular flexibility index (Phi) is 4.52. The van der Waals surface area contributed by atoms with Crippen molar-refractivity contribution in [2.45, 2.75) is 0 Å². The van der Waals surface area contributed by atoms with E-state index >= 15 is 0 Å². The van der Waals surface area contributed by atoms with Gasteiger partial charge in [0.2, 0.25) is 0 Å². The minimum atomic E-state index is -1.67. The number of amides is 2. The lowest BCUT2D eigenvalue weighted by Gasteiger charge is -2.34. The summed E-state index contributed by atoms with van der Waals surface area (Å²) < 4.78 is 39.9. The second-order valence-electron chi connectivity index (χ2n) is 5.18. The van der Waals surface area contributed by atoms with Crippen molar-refractivity contribution in [2.24, 2.45) is 0 Å². The zero-order valence-electron chi connectivity index (χ0n) is 12.3. The van der Waals surface area contributed by atoms with Crippen LogP contribution in [0.1, 0.15) is 20.8 Å². The zero-order valence-corrected chi connectivity index (χ0v) is 13.2. The first-order valence-electron chi connectivity index (χ1n) is 7.09. The molecule has 0 spiro atoms. The molecule has 0 radical (unpaired) electrons. The molecule has 2 heterocycles. The fourth-order valence-electron chi connectivity index (χ4n) is 2.45. The van der Waals surface area contributed by atoms with E-state index in [4.69, 9.17) is 0 Å². The maximum Gasteiger partial charge on any atom is 0.273 e. The molecule has 0 aliphatic carbocycles. The van der Waals surface area contributed by atoms with Crippen LogP contribution in [0.2, 0.25) is 0 Å². The van der Waals surface area contributed by atoms with E-state index in [0.29, 0.717) is 11.8 Å². The van der Waals surface area contributed by atoms with Crippen molar-refractivity contribution in [3.63, 3.8) is 0 Å². The van der Waals surface area contributed by atoms with E-state index in [-0.39, 0.29) is 32.1 Å². The van der Waals surface area contributed by atoms with Crippen molar-refractivity contribution >= 4 is 23.2 Å². The summed E-state index contributed by atoms with van der Waals surface area (Å²) in [4.78, 5) is 31.2. The van der Waals surface area contributed by atoms with Crippen LogP contribution in [0.4, 0.5) is 13.2 Å². The Morgan fingerprint density at radius 1 is 0.958 bits per heavy atom. The number of halogens is 3. The number of rotatable bonds is 2. The molecule has 24 heavy (non-hydrogen) atoms. The number of nitrogens with zero attached hydrogens (tertiary/aromatic N) is 3. The van der Waals surface area contributed by atoms with Crippen molar-refractivity contribution < 1.29 is 22.8 Å². The van der Waals surface area contributed by atoms with E-state index in [1.807, 2.05) is 0 Å². The highest BCUT2D eigenvalue weighted by atomic mass is 32.1. The molecular formula is C15H12F3N3O2S. The number of benzene rings is 1. The van der Waals surface area contributed by atoms with Gasteiger partial charge in [0.05, 0.1) is 11.1 Å². The van der Waals surface area contributed by atoms with Crippen LogP contribution in [0.15, 0.2) is 23.0 Å². The first-order valence-corrected chi connectivity index (χ1v) is 8.03. The maximum atomic E-state index is 13.7. The van der Waals surface area contributed by atoms with E-state index in [0.717, 1.165) is 6.07 Å². The summed E-state index contributed by atoms with van der Waals surface area (Å²) in [5, 5.41) is 1.64. The summed E-state index contributed by atoms with van der Waals surface area (Å²) in [7, 11) is 0. The molecule has 5 nitrogen and oxygen atoms in total. The van der Waals surface area contributed by atoms with Gasteiger partial charge in [0.1, 0.15) is 5.69 Å². The summed E-state index contributed by atoms with van der Waals surface area (Å²) in [5.41, 5.74) is 1.37. The molecule has 1 aliphatic heterocycles. The lowest BCUT2D eigenvalue weighted by Crippen LogP contribution is -2.50. The van der Waals surface area contributed by atoms with E-state index in [9.17, 15) is 22.8 Å². The Hall–Kier alpha value is -2.42. The van der Waals surface area contributed by atoms with Gasteiger partial charge in [0.15, 0.2) is 17.5 Å². The number of hydrogen-bond donors (Lipinski definition) is 0. The molecular weight excluding hydrogens is 343 g/mol. The molecule has 0 N–H and O–H groups in total. The molecule has 0 bridgehead atoms. The standard InChI is InChI=1S/C15H12F3N3O2S/c16-10-2-1-9(12(17)13(10)18)14(22)20-3-5-21(6-4-20)15(23)11-7-24-8-19-11/h1-2,7-8H,3-6H2. The fourth-order valence-corrected chi connectivity index (χ4v) is 2.98. The molecule has 1 aromatic heterocycles. The molecule has 2 aromatic rings. The van der Waals surface area contributed by atoms with Gasteiger partial charge in [-0.2, -0.15) is 0 Å². The highest BCUT2D eigenvalue weighted by molar-refractivity contribution is 7.07. The Bertz CT molecular complexity index is 775. The van der Waals surface area contributed by atoms with Crippen LogP contribution in [0.25, 0.3) is 0 Å². The molecule has 1 fully saturated rings. The SMILES string of the molecule is O=C(c1cscn1)N1CCN(C(=O)c2ccc(F)c(F)c2F)CC1. The largest absolute Gasteiger partial charge is 0.335 e. The normalized spacial score (nSPS) is 14.8. The third-order valence-electron chi connectivity index (χ3n) is 3.77. The fraction of sp³-hybridized carbons (Fsp3) is 0.267. The summed E-state index contributed by atoms with van der Waals surface area (Å²) in [6.45, 7) is 0.862. The van der Waals surface area contributed by atoms with Crippen LogP contribution in [0.3, 0.4) is 0 Å². The molecule has 1 aromatic carbocycles. The monoisotopic (exact) mass is 355 g/mol. The predicted molar refractivity (Wildman–Crippen MR) is 80.2 cm³/mol. The number of aromatic nitrogens is 1. The van der Waals surface area contributed by atoms with Crippen LogP contribution in [0, 0.1) is 17.5 Å². The molecule has 0 saturated carbocycles. The highest BCUT2D eigenvalue weighted by Gasteiger charge is 2.28. The van der Waals surface area contributed by atoms with E-state index < -0.39 is 28.9 Å². The smallest absolute Gasteiger partial charge is 0.273 e. The summed E-state index contributed by atoms with van der Waals surface area (Å²) in [6.07, 6.45) is 0. The van der Waals surface area contributed by atoms with Gasteiger partial charge in [-0.1, -0.05) is 0 Å². The number of hydrogen-bond acceptors (Lipinski definition) is 4. The summed E-state index contributed by atoms with van der Waals surface area (Å²) in [6, 6.07) is 1.64. The molecule has 126 valence electrons. The van der Waals surface area contributed by atoms with Crippen molar-refractivity contribution in [2.75, 3.05) is 26.2 Å². The van der Waals surface area contributed by atoms with Gasteiger partial charge in [-0.15, -0.1) is 11.3 Å². The second kappa shape index (κ2) is 6.60. The second-order valence-corrected chi connectivity index (χ2v) is 5.90. The average Bonchev–Trinajstić information content (AvgIpc) is 3.13. The number of carbonyl (C=O) groups is 2. The lowest BCUT2D eigenvalue weighted by atomic mass is 10.1. The van der Waals surface area contributed by atoms with Gasteiger partial charge in [-0.3, -0.25) is 9.59 Å². The maximum absolute atomic E-state index is 13.7. The predicted octanol–water partition coefficient (Wildman–Crippen LogP) is 2.16. The van der Waals surface area contributed by atoms with Crippen molar-refractivity contribution in [3.8, 4) is 0 Å². The van der Waals surface area contributed by atoms with E-state index in [2.05, 4.69) is 4.98 Å². The van der Waals surface area contributed by atoms with E-state index in [1.165, 1.54) is 16.2 Å². The molecule has 0 atom stereocenters. The van der Waals surface area contributed by atoms with E-state index in [1.54, 1.807) is 15.8 Å². The summed E-state index contributed by atoms with van der Waals surface area (Å²) >= 11 is 1.31. The summed E-state index contributed by atoms with van der Waals surface area (Å²) in [5.74, 6) is -5.48. The van der Waals surface area contributed by atoms with Crippen LogP contribution in [-0.2, 0) is 0 Å². The van der Waals surface area contributed by atoms with Gasteiger partial charge in [-0.05, 0) is 12.1 Å². The molecule has 1 aliphatic rings. The van der Waals surface area contributed by atoms with Crippen molar-refractivity contribution in [1.29, 1.82) is 0 Å². The minimum absolute atomic E-state index is 0.174. The first-order chi connectivity index (χ1) is 11.5. The van der Waals surface area contributed by atoms with Gasteiger partial charge < -0.3 is 9.80 Å². The third kappa shape index (κ3) is 2.99.